The molecule has 0 bridgehead atoms. The van der Waals surface area contributed by atoms with Gasteiger partial charge >= 0.3 is 5.97 Å². The number of esters is 1. The van der Waals surface area contributed by atoms with Gasteiger partial charge in [0.15, 0.2) is 6.29 Å². The maximum absolute atomic E-state index is 13.0. The SMILES string of the molecule is C/C=C/CC/C=C/CC/C=C/C(O)C(COC1OC(CO)C(O)C(O)C1O)NC(=O)CCCCCCCCC/C=C\C/C=C\CCCCCOC(=O)CCCCCCCCCCCCCCCC. The summed E-state index contributed by atoms with van der Waals surface area (Å²) < 4.78 is 16.6. The highest BCUT2D eigenvalue weighted by molar-refractivity contribution is 5.76. The highest BCUT2D eigenvalue weighted by Crippen LogP contribution is 2.23. The van der Waals surface area contributed by atoms with Crippen molar-refractivity contribution in [3.05, 3.63) is 60.8 Å². The minimum atomic E-state index is -1.59. The number of carbonyl (C=O) groups is 2. The lowest BCUT2D eigenvalue weighted by Crippen LogP contribution is -2.60. The predicted octanol–water partition coefficient (Wildman–Crippen LogP) is 11.9. The molecule has 0 aromatic carbocycles. The second kappa shape index (κ2) is 46.7. The fourth-order valence-electron chi connectivity index (χ4n) is 8.27. The van der Waals surface area contributed by atoms with Gasteiger partial charge in [-0.25, -0.2) is 0 Å². The Hall–Kier alpha value is -2.64. The highest BCUT2D eigenvalue weighted by Gasteiger charge is 2.44. The van der Waals surface area contributed by atoms with Crippen molar-refractivity contribution in [2.45, 2.75) is 269 Å². The van der Waals surface area contributed by atoms with Crippen LogP contribution in [-0.2, 0) is 23.8 Å². The van der Waals surface area contributed by atoms with Gasteiger partial charge in [0.05, 0.1) is 32.0 Å². The van der Waals surface area contributed by atoms with Crippen LogP contribution in [0.15, 0.2) is 60.8 Å². The number of unbranched alkanes of at least 4 members (excludes halogenated alkanes) is 25. The maximum Gasteiger partial charge on any atom is 0.305 e. The molecular weight excluding hydrogens is 859 g/mol. The van der Waals surface area contributed by atoms with Crippen molar-refractivity contribution in [2.75, 3.05) is 19.8 Å². The third-order valence-corrected chi connectivity index (χ3v) is 12.7. The van der Waals surface area contributed by atoms with Crippen molar-refractivity contribution < 1.29 is 49.3 Å². The van der Waals surface area contributed by atoms with E-state index in [2.05, 4.69) is 54.8 Å². The van der Waals surface area contributed by atoms with Crippen LogP contribution in [0.5, 0.6) is 0 Å². The molecule has 1 saturated heterocycles. The van der Waals surface area contributed by atoms with Crippen LogP contribution in [0.25, 0.3) is 0 Å². The number of aliphatic hydroxyl groups is 5. The molecule has 1 amide bonds. The fraction of sp³-hybridized carbons (Fsp3) is 0.789. The second-order valence-corrected chi connectivity index (χ2v) is 18.9. The molecule has 0 saturated carbocycles. The summed E-state index contributed by atoms with van der Waals surface area (Å²) in [6, 6.07) is -0.846. The van der Waals surface area contributed by atoms with E-state index in [-0.39, 0.29) is 18.5 Å². The number of aliphatic hydroxyl groups excluding tert-OH is 5. The molecule has 1 rings (SSSR count). The third-order valence-electron chi connectivity index (χ3n) is 12.7. The molecule has 1 fully saturated rings. The molecule has 0 radical (unpaired) electrons. The molecule has 0 aromatic heterocycles. The van der Waals surface area contributed by atoms with Crippen LogP contribution in [-0.4, -0.2) is 100 Å². The number of ether oxygens (including phenoxy) is 3. The third kappa shape index (κ3) is 36.3. The van der Waals surface area contributed by atoms with Gasteiger partial charge in [0.2, 0.25) is 5.91 Å². The average Bonchev–Trinajstić information content (AvgIpc) is 3.33. The van der Waals surface area contributed by atoms with Crippen molar-refractivity contribution in [1.29, 1.82) is 0 Å². The monoisotopic (exact) mass is 960 g/mol. The molecule has 0 aromatic rings. The smallest absolute Gasteiger partial charge is 0.305 e. The Morgan fingerprint density at radius 1 is 0.574 bits per heavy atom. The minimum absolute atomic E-state index is 0.0325. The van der Waals surface area contributed by atoms with Gasteiger partial charge in [0.25, 0.3) is 0 Å². The maximum atomic E-state index is 13.0. The lowest BCUT2D eigenvalue weighted by Gasteiger charge is -2.40. The van der Waals surface area contributed by atoms with E-state index in [4.69, 9.17) is 14.2 Å². The van der Waals surface area contributed by atoms with E-state index in [1.54, 1.807) is 6.08 Å². The first kappa shape index (κ1) is 63.4. The standard InChI is InChI=1S/C57H101NO10/c1-3-5-7-9-11-13-14-15-22-25-29-33-37-41-45-53(62)66-46-42-38-34-30-26-23-20-18-16-17-19-21-24-28-32-36-40-44-52(61)58-49(50(60)43-39-35-31-27-12-10-8-6-4-2)48-67-57-56(65)55(64)54(63)51(47-59)68-57/h4,6,12,16,18,23,26-27,39,43,49-51,54-57,59-60,63-65H,3,5,7-11,13-15,17,19-22,24-25,28-38,40-42,44-48H2,1-2H3,(H,58,61)/b6-4+,18-16-,26-23-,27-12+,43-39+. The fourth-order valence-corrected chi connectivity index (χ4v) is 8.27. The average molecular weight is 960 g/mol. The number of rotatable bonds is 46. The molecule has 6 N–H and O–H groups in total. The van der Waals surface area contributed by atoms with Crippen molar-refractivity contribution in [3.8, 4) is 0 Å². The summed E-state index contributed by atoms with van der Waals surface area (Å²) in [6.07, 6.45) is 49.1. The first-order valence-corrected chi connectivity index (χ1v) is 27.5. The molecule has 1 aliphatic rings. The number of hydrogen-bond acceptors (Lipinski definition) is 10. The molecule has 1 aliphatic heterocycles. The Labute approximate surface area is 414 Å². The van der Waals surface area contributed by atoms with E-state index in [0.717, 1.165) is 96.3 Å². The quantitative estimate of drug-likeness (QED) is 0.0196. The molecule has 11 nitrogen and oxygen atoms in total. The summed E-state index contributed by atoms with van der Waals surface area (Å²) in [5, 5.41) is 54.0. The van der Waals surface area contributed by atoms with Gasteiger partial charge in [-0.05, 0) is 90.4 Å². The van der Waals surface area contributed by atoms with Crippen molar-refractivity contribution in [2.24, 2.45) is 0 Å². The van der Waals surface area contributed by atoms with E-state index >= 15 is 0 Å². The number of allylic oxidation sites excluding steroid dienone is 9. The zero-order chi connectivity index (χ0) is 49.6. The van der Waals surface area contributed by atoms with Crippen molar-refractivity contribution in [3.63, 3.8) is 0 Å². The number of hydrogen-bond donors (Lipinski definition) is 6. The number of carbonyl (C=O) groups excluding carboxylic acids is 2. The number of amides is 1. The Balaban J connectivity index is 2.10. The van der Waals surface area contributed by atoms with Crippen LogP contribution in [0, 0.1) is 0 Å². The highest BCUT2D eigenvalue weighted by atomic mass is 16.7. The van der Waals surface area contributed by atoms with E-state index < -0.39 is 49.5 Å². The molecule has 0 spiro atoms. The molecule has 0 aliphatic carbocycles. The van der Waals surface area contributed by atoms with Gasteiger partial charge in [-0.2, -0.15) is 0 Å². The first-order chi connectivity index (χ1) is 33.2. The van der Waals surface area contributed by atoms with Gasteiger partial charge in [-0.1, -0.05) is 183 Å². The van der Waals surface area contributed by atoms with E-state index in [1.165, 1.54) is 96.3 Å². The van der Waals surface area contributed by atoms with Gasteiger partial charge in [0, 0.05) is 12.8 Å². The van der Waals surface area contributed by atoms with Gasteiger partial charge < -0.3 is 45.1 Å². The molecule has 11 heteroatoms. The molecular formula is C57H101NO10. The zero-order valence-electron chi connectivity index (χ0n) is 43.0. The van der Waals surface area contributed by atoms with Gasteiger partial charge in [-0.3, -0.25) is 9.59 Å². The Bertz CT molecular complexity index is 1310. The summed E-state index contributed by atoms with van der Waals surface area (Å²) in [4.78, 5) is 25.0. The van der Waals surface area contributed by atoms with Crippen LogP contribution in [0.1, 0.15) is 226 Å². The normalized spacial score (nSPS) is 19.9. The molecule has 7 unspecified atom stereocenters. The molecule has 68 heavy (non-hydrogen) atoms. The summed E-state index contributed by atoms with van der Waals surface area (Å²) in [7, 11) is 0. The van der Waals surface area contributed by atoms with Crippen LogP contribution < -0.4 is 5.32 Å². The summed E-state index contributed by atoms with van der Waals surface area (Å²) in [6.45, 7) is 4.02. The van der Waals surface area contributed by atoms with E-state index in [1.807, 2.05) is 19.1 Å². The summed E-state index contributed by atoms with van der Waals surface area (Å²) >= 11 is 0. The second-order valence-electron chi connectivity index (χ2n) is 18.9. The van der Waals surface area contributed by atoms with E-state index in [9.17, 15) is 35.1 Å². The number of nitrogens with one attached hydrogen (secondary N) is 1. The Morgan fingerprint density at radius 2 is 1.06 bits per heavy atom. The van der Waals surface area contributed by atoms with Crippen molar-refractivity contribution >= 4 is 11.9 Å². The lowest BCUT2D eigenvalue weighted by molar-refractivity contribution is -0.302. The van der Waals surface area contributed by atoms with Gasteiger partial charge in [-0.15, -0.1) is 0 Å². The topological polar surface area (TPSA) is 175 Å². The lowest BCUT2D eigenvalue weighted by atomic mass is 9.99. The molecule has 394 valence electrons. The van der Waals surface area contributed by atoms with Crippen LogP contribution in [0.4, 0.5) is 0 Å². The Kier molecular flexibility index (Phi) is 43.5. The molecule has 1 heterocycles. The Morgan fingerprint density at radius 3 is 1.62 bits per heavy atom. The van der Waals surface area contributed by atoms with Crippen molar-refractivity contribution in [1.82, 2.24) is 5.32 Å². The summed E-state index contributed by atoms with van der Waals surface area (Å²) in [5.74, 6) is -0.250. The van der Waals surface area contributed by atoms with Gasteiger partial charge in [0.1, 0.15) is 24.4 Å². The minimum Gasteiger partial charge on any atom is -0.466 e. The zero-order valence-corrected chi connectivity index (χ0v) is 43.0. The predicted molar refractivity (Wildman–Crippen MR) is 278 cm³/mol. The largest absolute Gasteiger partial charge is 0.466 e. The molecule has 7 atom stereocenters. The van der Waals surface area contributed by atoms with E-state index in [0.29, 0.717) is 25.9 Å². The first-order valence-electron chi connectivity index (χ1n) is 27.5. The summed E-state index contributed by atoms with van der Waals surface area (Å²) in [5.41, 5.74) is 0. The van der Waals surface area contributed by atoms with Crippen LogP contribution in [0.3, 0.4) is 0 Å². The van der Waals surface area contributed by atoms with Crippen LogP contribution in [0.2, 0.25) is 0 Å². The van der Waals surface area contributed by atoms with Crippen LogP contribution >= 0.6 is 0 Å².